The second-order valence-corrected chi connectivity index (χ2v) is 4.60. The van der Waals surface area contributed by atoms with Gasteiger partial charge in [0.25, 0.3) is 5.91 Å². The van der Waals surface area contributed by atoms with E-state index in [-0.39, 0.29) is 0 Å². The zero-order chi connectivity index (χ0) is 13.8. The smallest absolute Gasteiger partial charge is 0.252 e. The summed E-state index contributed by atoms with van der Waals surface area (Å²) in [4.78, 5) is 12.0. The molecule has 100 valence electrons. The number of aryl methyl sites for hydroxylation is 1. The minimum atomic E-state index is -1.43. The highest BCUT2D eigenvalue weighted by atomic mass is 35.5. The Bertz CT molecular complexity index is 424. The van der Waals surface area contributed by atoms with Gasteiger partial charge in [-0.1, -0.05) is 11.6 Å². The lowest BCUT2D eigenvalue weighted by Gasteiger charge is -2.28. The molecule has 0 aliphatic rings. The Morgan fingerprint density at radius 3 is 2.28 bits per heavy atom. The number of aliphatic hydroxyl groups excluding tert-OH is 3. The average molecular weight is 274 g/mol. The first-order chi connectivity index (χ1) is 8.48. The molecule has 0 atom stereocenters. The monoisotopic (exact) mass is 273 g/mol. The first-order valence-corrected chi connectivity index (χ1v) is 5.77. The Balaban J connectivity index is 2.94. The van der Waals surface area contributed by atoms with Crippen molar-refractivity contribution in [3.8, 4) is 0 Å². The van der Waals surface area contributed by atoms with Crippen molar-refractivity contribution >= 4 is 17.5 Å². The molecule has 1 rings (SSSR count). The predicted molar refractivity (Wildman–Crippen MR) is 67.6 cm³/mol. The van der Waals surface area contributed by atoms with Crippen molar-refractivity contribution in [3.63, 3.8) is 0 Å². The van der Waals surface area contributed by atoms with Gasteiger partial charge >= 0.3 is 0 Å². The van der Waals surface area contributed by atoms with E-state index in [0.29, 0.717) is 16.1 Å². The van der Waals surface area contributed by atoms with Crippen molar-refractivity contribution in [1.82, 2.24) is 5.32 Å². The first-order valence-electron chi connectivity index (χ1n) is 5.39. The van der Waals surface area contributed by atoms with Crippen LogP contribution >= 0.6 is 11.6 Å². The van der Waals surface area contributed by atoms with Crippen molar-refractivity contribution in [2.75, 3.05) is 19.8 Å². The van der Waals surface area contributed by atoms with Crippen LogP contribution in [0.3, 0.4) is 0 Å². The Kier molecular flexibility index (Phi) is 5.10. The summed E-state index contributed by atoms with van der Waals surface area (Å²) in [6.45, 7) is 0.0500. The van der Waals surface area contributed by atoms with Crippen LogP contribution in [0.1, 0.15) is 15.9 Å². The number of hydrogen-bond acceptors (Lipinski definition) is 4. The maximum Gasteiger partial charge on any atom is 0.252 e. The zero-order valence-corrected chi connectivity index (χ0v) is 10.7. The van der Waals surface area contributed by atoms with Crippen molar-refractivity contribution in [2.45, 2.75) is 12.5 Å². The van der Waals surface area contributed by atoms with E-state index in [2.05, 4.69) is 5.32 Å². The predicted octanol–water partition coefficient (Wildman–Crippen LogP) is 0.0939. The van der Waals surface area contributed by atoms with Crippen LogP contribution in [0.2, 0.25) is 5.02 Å². The molecule has 0 unspecified atom stereocenters. The molecule has 18 heavy (non-hydrogen) atoms. The summed E-state index contributed by atoms with van der Waals surface area (Å²) in [5.41, 5.74) is -0.384. The van der Waals surface area contributed by atoms with Crippen LogP contribution in [0.15, 0.2) is 18.2 Å². The van der Waals surface area contributed by atoms with Gasteiger partial charge < -0.3 is 20.6 Å². The number of rotatable bonds is 5. The highest BCUT2D eigenvalue weighted by molar-refractivity contribution is 6.30. The highest BCUT2D eigenvalue weighted by Gasteiger charge is 2.30. The van der Waals surface area contributed by atoms with E-state index in [9.17, 15) is 4.79 Å². The quantitative estimate of drug-likeness (QED) is 0.612. The molecular weight excluding hydrogens is 258 g/mol. The fraction of sp³-hybridized carbons (Fsp3) is 0.417. The van der Waals surface area contributed by atoms with E-state index in [1.807, 2.05) is 0 Å². The second kappa shape index (κ2) is 6.15. The van der Waals surface area contributed by atoms with Crippen molar-refractivity contribution in [2.24, 2.45) is 0 Å². The molecule has 6 heteroatoms. The topological polar surface area (TPSA) is 89.8 Å². The molecule has 0 spiro atoms. The Morgan fingerprint density at radius 1 is 1.28 bits per heavy atom. The van der Waals surface area contributed by atoms with Crippen LogP contribution in [-0.4, -0.2) is 46.6 Å². The average Bonchev–Trinajstić information content (AvgIpc) is 2.36. The number of carbonyl (C=O) groups excluding carboxylic acids is 1. The number of nitrogens with one attached hydrogen (secondary N) is 1. The first kappa shape index (κ1) is 14.9. The number of aliphatic hydroxyl groups is 3. The van der Waals surface area contributed by atoms with Gasteiger partial charge in [0.05, 0.1) is 19.8 Å². The fourth-order valence-corrected chi connectivity index (χ4v) is 1.69. The molecule has 0 bridgehead atoms. The highest BCUT2D eigenvalue weighted by Crippen LogP contribution is 2.16. The summed E-state index contributed by atoms with van der Waals surface area (Å²) in [5.74, 6) is -0.485. The van der Waals surface area contributed by atoms with Gasteiger partial charge in [0.15, 0.2) is 0 Å². The van der Waals surface area contributed by atoms with Gasteiger partial charge in [0.1, 0.15) is 5.54 Å². The lowest BCUT2D eigenvalue weighted by atomic mass is 10.0. The molecule has 1 aromatic rings. The summed E-state index contributed by atoms with van der Waals surface area (Å²) < 4.78 is 0. The molecule has 5 nitrogen and oxygen atoms in total. The molecule has 0 aliphatic carbocycles. The Hall–Kier alpha value is -1.14. The van der Waals surface area contributed by atoms with Crippen molar-refractivity contribution in [1.29, 1.82) is 0 Å². The molecule has 1 aromatic carbocycles. The van der Waals surface area contributed by atoms with Gasteiger partial charge in [-0.15, -0.1) is 0 Å². The number of halogens is 1. The molecule has 0 saturated heterocycles. The SMILES string of the molecule is Cc1cc(Cl)ccc1C(=O)NC(CO)(CO)CO. The van der Waals surface area contributed by atoms with Crippen LogP contribution < -0.4 is 5.32 Å². The van der Waals surface area contributed by atoms with Gasteiger partial charge in [-0.25, -0.2) is 0 Å². The van der Waals surface area contributed by atoms with Gasteiger partial charge in [0.2, 0.25) is 0 Å². The molecule has 4 N–H and O–H groups in total. The van der Waals surface area contributed by atoms with Crippen LogP contribution in [0.4, 0.5) is 0 Å². The van der Waals surface area contributed by atoms with Crippen LogP contribution in [0.5, 0.6) is 0 Å². The molecule has 0 aliphatic heterocycles. The second-order valence-electron chi connectivity index (χ2n) is 4.17. The molecule has 0 radical (unpaired) electrons. The summed E-state index contributed by atoms with van der Waals surface area (Å²) >= 11 is 5.78. The maximum atomic E-state index is 12.0. The third-order valence-electron chi connectivity index (χ3n) is 2.72. The van der Waals surface area contributed by atoms with Crippen LogP contribution in [-0.2, 0) is 0 Å². The third-order valence-corrected chi connectivity index (χ3v) is 2.95. The minimum absolute atomic E-state index is 0.374. The lowest BCUT2D eigenvalue weighted by molar-refractivity contribution is 0.0375. The molecular formula is C12H16ClNO4. The Morgan fingerprint density at radius 2 is 1.83 bits per heavy atom. The minimum Gasteiger partial charge on any atom is -0.394 e. The molecule has 0 saturated carbocycles. The maximum absolute atomic E-state index is 12.0. The Labute approximate surface area is 110 Å². The summed E-state index contributed by atoms with van der Waals surface area (Å²) in [7, 11) is 0. The van der Waals surface area contributed by atoms with Gasteiger partial charge in [-0.3, -0.25) is 4.79 Å². The molecule has 0 aromatic heterocycles. The van der Waals surface area contributed by atoms with E-state index in [0.717, 1.165) is 0 Å². The van der Waals surface area contributed by atoms with E-state index in [1.165, 1.54) is 0 Å². The third kappa shape index (κ3) is 3.20. The fourth-order valence-electron chi connectivity index (χ4n) is 1.46. The lowest BCUT2D eigenvalue weighted by Crippen LogP contribution is -2.57. The van der Waals surface area contributed by atoms with Crippen molar-refractivity contribution < 1.29 is 20.1 Å². The van der Waals surface area contributed by atoms with Gasteiger partial charge in [0, 0.05) is 10.6 Å². The van der Waals surface area contributed by atoms with Gasteiger partial charge in [-0.05, 0) is 30.7 Å². The number of amides is 1. The van der Waals surface area contributed by atoms with E-state index in [4.69, 9.17) is 26.9 Å². The normalized spacial score (nSPS) is 11.4. The summed E-state index contributed by atoms with van der Waals surface area (Å²) in [6.07, 6.45) is 0. The molecule has 1 amide bonds. The van der Waals surface area contributed by atoms with E-state index >= 15 is 0 Å². The van der Waals surface area contributed by atoms with Crippen molar-refractivity contribution in [3.05, 3.63) is 34.3 Å². The molecule has 0 heterocycles. The number of carbonyl (C=O) groups is 1. The standard InChI is InChI=1S/C12H16ClNO4/c1-8-4-9(13)2-3-10(8)11(18)14-12(5-15,6-16)7-17/h2-4,15-17H,5-7H2,1H3,(H,14,18). The summed E-state index contributed by atoms with van der Waals surface area (Å²) in [6, 6.07) is 4.75. The van der Waals surface area contributed by atoms with E-state index in [1.54, 1.807) is 25.1 Å². The number of benzene rings is 1. The zero-order valence-electron chi connectivity index (χ0n) is 9.98. The largest absolute Gasteiger partial charge is 0.394 e. The molecule has 0 fully saturated rings. The number of hydrogen-bond donors (Lipinski definition) is 4. The van der Waals surface area contributed by atoms with E-state index < -0.39 is 31.3 Å². The van der Waals surface area contributed by atoms with Gasteiger partial charge in [-0.2, -0.15) is 0 Å². The van der Waals surface area contributed by atoms with Crippen LogP contribution in [0.25, 0.3) is 0 Å². The van der Waals surface area contributed by atoms with Crippen LogP contribution in [0, 0.1) is 6.92 Å². The summed E-state index contributed by atoms with van der Waals surface area (Å²) in [5, 5.41) is 30.3.